The van der Waals surface area contributed by atoms with Crippen LogP contribution in [-0.4, -0.2) is 12.1 Å². The molecule has 0 amide bonds. The molecule has 0 spiro atoms. The molecule has 4 heteroatoms. The first-order valence-corrected chi connectivity index (χ1v) is 5.51. The highest BCUT2D eigenvalue weighted by Gasteiger charge is 2.16. The summed E-state index contributed by atoms with van der Waals surface area (Å²) in [6.45, 7) is 5.65. The van der Waals surface area contributed by atoms with E-state index in [4.69, 9.17) is 10.5 Å². The van der Waals surface area contributed by atoms with Crippen molar-refractivity contribution in [1.29, 1.82) is 0 Å². The molecule has 2 N–H and O–H groups in total. The molecule has 1 aromatic rings. The molecular formula is C10H15NO2S. The third kappa shape index (κ3) is 2.26. The number of nitrogen functional groups attached to an aromatic ring is 1. The van der Waals surface area contributed by atoms with Crippen LogP contribution in [0, 0.1) is 0 Å². The third-order valence-corrected chi connectivity index (χ3v) is 2.94. The maximum atomic E-state index is 11.5. The van der Waals surface area contributed by atoms with Crippen LogP contribution >= 0.6 is 11.3 Å². The first-order chi connectivity index (χ1) is 6.56. The summed E-state index contributed by atoms with van der Waals surface area (Å²) in [5.74, 6) is -0.326. The second kappa shape index (κ2) is 4.46. The highest BCUT2D eigenvalue weighted by atomic mass is 32.1. The van der Waals surface area contributed by atoms with E-state index in [0.717, 1.165) is 11.3 Å². The van der Waals surface area contributed by atoms with Gasteiger partial charge < -0.3 is 10.5 Å². The van der Waals surface area contributed by atoms with E-state index in [9.17, 15) is 4.79 Å². The monoisotopic (exact) mass is 213 g/mol. The number of hydrogen-bond donors (Lipinski definition) is 1. The van der Waals surface area contributed by atoms with Gasteiger partial charge in [-0.05, 0) is 20.3 Å². The smallest absolute Gasteiger partial charge is 0.341 e. The van der Waals surface area contributed by atoms with Crippen molar-refractivity contribution in [2.75, 3.05) is 5.73 Å². The summed E-state index contributed by atoms with van der Waals surface area (Å²) in [5.41, 5.74) is 6.87. The number of rotatable bonds is 3. The fourth-order valence-corrected chi connectivity index (χ4v) is 2.00. The molecule has 0 saturated carbocycles. The summed E-state index contributed by atoms with van der Waals surface area (Å²) in [6.07, 6.45) is 0.748. The molecule has 0 aliphatic heterocycles. The molecule has 1 rings (SSSR count). The molecule has 0 atom stereocenters. The summed E-state index contributed by atoms with van der Waals surface area (Å²) in [5, 5.41) is 1.76. The Morgan fingerprint density at radius 3 is 2.71 bits per heavy atom. The quantitative estimate of drug-likeness (QED) is 0.785. The van der Waals surface area contributed by atoms with Crippen molar-refractivity contribution in [2.45, 2.75) is 33.3 Å². The number of esters is 1. The molecule has 0 saturated heterocycles. The van der Waals surface area contributed by atoms with Gasteiger partial charge >= 0.3 is 5.97 Å². The Balaban J connectivity index is 2.85. The Labute approximate surface area is 87.9 Å². The number of thiophene rings is 1. The number of nitrogens with two attached hydrogens (primary N) is 1. The minimum atomic E-state index is -0.326. The van der Waals surface area contributed by atoms with Gasteiger partial charge in [0, 0.05) is 10.3 Å². The minimum Gasteiger partial charge on any atom is -0.459 e. The second-order valence-electron chi connectivity index (χ2n) is 3.29. The van der Waals surface area contributed by atoms with Crippen LogP contribution in [0.3, 0.4) is 0 Å². The van der Waals surface area contributed by atoms with Gasteiger partial charge in [0.05, 0.1) is 17.4 Å². The average Bonchev–Trinajstić information content (AvgIpc) is 2.45. The summed E-state index contributed by atoms with van der Waals surface area (Å²) >= 11 is 1.51. The Hall–Kier alpha value is -1.03. The number of anilines is 1. The zero-order chi connectivity index (χ0) is 10.7. The molecule has 0 bridgehead atoms. The maximum Gasteiger partial charge on any atom is 0.341 e. The van der Waals surface area contributed by atoms with Gasteiger partial charge in [0.2, 0.25) is 0 Å². The van der Waals surface area contributed by atoms with Crippen LogP contribution in [-0.2, 0) is 11.2 Å². The van der Waals surface area contributed by atoms with E-state index in [0.29, 0.717) is 11.3 Å². The Morgan fingerprint density at radius 1 is 1.64 bits per heavy atom. The zero-order valence-corrected chi connectivity index (χ0v) is 9.48. The Bertz CT molecular complexity index is 331. The molecule has 0 aliphatic carbocycles. The Kier molecular flexibility index (Phi) is 3.52. The summed E-state index contributed by atoms with van der Waals surface area (Å²) in [7, 11) is 0. The second-order valence-corrected chi connectivity index (χ2v) is 4.26. The number of ether oxygens (including phenoxy) is 1. The molecule has 0 aromatic carbocycles. The molecule has 14 heavy (non-hydrogen) atoms. The van der Waals surface area contributed by atoms with Crippen LogP contribution in [0.15, 0.2) is 5.38 Å². The molecule has 78 valence electrons. The van der Waals surface area contributed by atoms with E-state index in [2.05, 4.69) is 0 Å². The topological polar surface area (TPSA) is 52.3 Å². The van der Waals surface area contributed by atoms with Crippen molar-refractivity contribution in [2.24, 2.45) is 0 Å². The van der Waals surface area contributed by atoms with E-state index >= 15 is 0 Å². The first-order valence-electron chi connectivity index (χ1n) is 4.63. The lowest BCUT2D eigenvalue weighted by Crippen LogP contribution is -2.12. The average molecular weight is 213 g/mol. The van der Waals surface area contributed by atoms with E-state index in [-0.39, 0.29) is 12.1 Å². The number of carbonyl (C=O) groups excluding carboxylic acids is 1. The molecule has 0 aliphatic rings. The van der Waals surface area contributed by atoms with Crippen LogP contribution in [0.4, 0.5) is 5.69 Å². The minimum absolute atomic E-state index is 0.105. The van der Waals surface area contributed by atoms with Gasteiger partial charge in [0.25, 0.3) is 0 Å². The van der Waals surface area contributed by atoms with E-state index in [1.54, 1.807) is 5.38 Å². The van der Waals surface area contributed by atoms with Crippen LogP contribution in [0.1, 0.15) is 36.0 Å². The van der Waals surface area contributed by atoms with Crippen LogP contribution in [0.2, 0.25) is 0 Å². The van der Waals surface area contributed by atoms with Gasteiger partial charge in [-0.25, -0.2) is 4.79 Å². The fraction of sp³-hybridized carbons (Fsp3) is 0.500. The molecular weight excluding hydrogens is 198 g/mol. The van der Waals surface area contributed by atoms with Gasteiger partial charge in [0.15, 0.2) is 0 Å². The molecule has 3 nitrogen and oxygen atoms in total. The van der Waals surface area contributed by atoms with Gasteiger partial charge in [0.1, 0.15) is 0 Å². The molecule has 0 unspecified atom stereocenters. The maximum absolute atomic E-state index is 11.5. The van der Waals surface area contributed by atoms with Gasteiger partial charge in [-0.3, -0.25) is 0 Å². The summed E-state index contributed by atoms with van der Waals surface area (Å²) in [4.78, 5) is 12.6. The van der Waals surface area contributed by atoms with Crippen LogP contribution in [0.5, 0.6) is 0 Å². The van der Waals surface area contributed by atoms with Crippen molar-refractivity contribution in [3.63, 3.8) is 0 Å². The highest BCUT2D eigenvalue weighted by molar-refractivity contribution is 7.10. The van der Waals surface area contributed by atoms with Crippen LogP contribution in [0.25, 0.3) is 0 Å². The third-order valence-electron chi connectivity index (χ3n) is 1.79. The zero-order valence-electron chi connectivity index (χ0n) is 8.66. The van der Waals surface area contributed by atoms with E-state index in [1.807, 2.05) is 20.8 Å². The van der Waals surface area contributed by atoms with Gasteiger partial charge in [-0.1, -0.05) is 6.92 Å². The van der Waals surface area contributed by atoms with Crippen molar-refractivity contribution >= 4 is 23.0 Å². The highest BCUT2D eigenvalue weighted by Crippen LogP contribution is 2.26. The molecule has 1 aromatic heterocycles. The standard InChI is InChI=1S/C10H15NO2S/c1-4-8-9(11)7(5-14-8)10(12)13-6(2)3/h5-6H,4,11H2,1-3H3. The normalized spacial score (nSPS) is 10.6. The van der Waals surface area contributed by atoms with Crippen molar-refractivity contribution in [3.8, 4) is 0 Å². The first kappa shape index (κ1) is 11.0. The van der Waals surface area contributed by atoms with Crippen molar-refractivity contribution in [3.05, 3.63) is 15.8 Å². The fourth-order valence-electron chi connectivity index (χ4n) is 1.12. The largest absolute Gasteiger partial charge is 0.459 e. The predicted molar refractivity (Wildman–Crippen MR) is 58.7 cm³/mol. The lowest BCUT2D eigenvalue weighted by Gasteiger charge is -2.07. The van der Waals surface area contributed by atoms with E-state index < -0.39 is 0 Å². The summed E-state index contributed by atoms with van der Waals surface area (Å²) < 4.78 is 5.06. The molecule has 1 heterocycles. The van der Waals surface area contributed by atoms with Crippen molar-refractivity contribution in [1.82, 2.24) is 0 Å². The molecule has 0 fully saturated rings. The van der Waals surface area contributed by atoms with Gasteiger partial charge in [-0.2, -0.15) is 0 Å². The number of aryl methyl sites for hydroxylation is 1. The number of carbonyl (C=O) groups is 1. The lowest BCUT2D eigenvalue weighted by molar-refractivity contribution is 0.0380. The lowest BCUT2D eigenvalue weighted by atomic mass is 10.2. The SMILES string of the molecule is CCc1scc(C(=O)OC(C)C)c1N. The van der Waals surface area contributed by atoms with Crippen molar-refractivity contribution < 1.29 is 9.53 Å². The molecule has 0 radical (unpaired) electrons. The predicted octanol–water partition coefficient (Wildman–Crippen LogP) is 2.46. The van der Waals surface area contributed by atoms with E-state index in [1.165, 1.54) is 11.3 Å². The Morgan fingerprint density at radius 2 is 2.29 bits per heavy atom. The van der Waals surface area contributed by atoms with Crippen LogP contribution < -0.4 is 5.73 Å². The number of hydrogen-bond acceptors (Lipinski definition) is 4. The van der Waals surface area contributed by atoms with Gasteiger partial charge in [-0.15, -0.1) is 11.3 Å². The summed E-state index contributed by atoms with van der Waals surface area (Å²) in [6, 6.07) is 0.